The molecule has 1 atom stereocenters. The summed E-state index contributed by atoms with van der Waals surface area (Å²) < 4.78 is 18.9. The molecule has 0 radical (unpaired) electrons. The smallest absolute Gasteiger partial charge is 0.338 e. The fraction of sp³-hybridized carbons (Fsp3) is 0.296. The molecule has 2 heterocycles. The van der Waals surface area contributed by atoms with Crippen molar-refractivity contribution in [2.45, 2.75) is 39.8 Å². The Morgan fingerprint density at radius 3 is 2.67 bits per heavy atom. The molecule has 2 aromatic carbocycles. The van der Waals surface area contributed by atoms with Crippen LogP contribution in [0.25, 0.3) is 6.08 Å². The number of ether oxygens (including phenoxy) is 3. The van der Waals surface area contributed by atoms with Gasteiger partial charge in [-0.25, -0.2) is 9.79 Å². The van der Waals surface area contributed by atoms with Gasteiger partial charge in [-0.15, -0.1) is 0 Å². The first-order valence-corrected chi connectivity index (χ1v) is 12.7. The molecule has 0 N–H and O–H groups in total. The molecular formula is C27H27ClN2O5S. The minimum Gasteiger partial charge on any atom is -0.496 e. The molecule has 7 nitrogen and oxygen atoms in total. The summed E-state index contributed by atoms with van der Waals surface area (Å²) in [5.41, 5.74) is 1.84. The molecule has 0 spiro atoms. The van der Waals surface area contributed by atoms with Gasteiger partial charge in [-0.3, -0.25) is 9.36 Å². The number of fused-ring (bicyclic) bond motifs is 1. The van der Waals surface area contributed by atoms with Gasteiger partial charge in [0.05, 0.1) is 35.6 Å². The summed E-state index contributed by atoms with van der Waals surface area (Å²) in [6.07, 6.45) is 1.62. The number of halogens is 1. The summed E-state index contributed by atoms with van der Waals surface area (Å²) in [5.74, 6) is 0.648. The van der Waals surface area contributed by atoms with E-state index in [0.29, 0.717) is 48.3 Å². The Hall–Kier alpha value is -3.36. The lowest BCUT2D eigenvalue weighted by Crippen LogP contribution is -2.40. The van der Waals surface area contributed by atoms with Gasteiger partial charge in [-0.1, -0.05) is 41.1 Å². The zero-order chi connectivity index (χ0) is 26.0. The highest BCUT2D eigenvalue weighted by Gasteiger charge is 2.35. The number of benzene rings is 2. The second-order valence-electron chi connectivity index (χ2n) is 8.39. The second-order valence-corrected chi connectivity index (χ2v) is 9.84. The molecule has 3 aromatic rings. The normalized spacial score (nSPS) is 15.5. The summed E-state index contributed by atoms with van der Waals surface area (Å²) in [5, 5.41) is 0.521. The van der Waals surface area contributed by atoms with Crippen LogP contribution in [0.2, 0.25) is 5.02 Å². The van der Waals surface area contributed by atoms with Crippen LogP contribution in [0.1, 0.15) is 44.9 Å². The molecule has 0 amide bonds. The maximum Gasteiger partial charge on any atom is 0.338 e. The summed E-state index contributed by atoms with van der Waals surface area (Å²) in [6, 6.07) is 11.8. The molecule has 0 fully saturated rings. The molecule has 1 aromatic heterocycles. The first-order valence-electron chi connectivity index (χ1n) is 11.5. The van der Waals surface area contributed by atoms with Crippen LogP contribution in [-0.2, 0) is 9.53 Å². The fourth-order valence-electron chi connectivity index (χ4n) is 4.11. The molecule has 0 saturated heterocycles. The Balaban J connectivity index is 2.00. The van der Waals surface area contributed by atoms with E-state index in [0.717, 1.165) is 0 Å². The number of rotatable bonds is 7. The first-order chi connectivity index (χ1) is 17.2. The summed E-state index contributed by atoms with van der Waals surface area (Å²) >= 11 is 7.43. The van der Waals surface area contributed by atoms with Gasteiger partial charge in [0.25, 0.3) is 5.56 Å². The average molecular weight is 527 g/mol. The minimum absolute atomic E-state index is 0.103. The SMILES string of the molecule is CCOC(=O)C1=C(C)N=c2s/c(=C\c3cc(Cl)ccc3OC)c(=O)n2[C@@H]1c1ccccc1OC(C)C. The van der Waals surface area contributed by atoms with Crippen molar-refractivity contribution < 1.29 is 19.0 Å². The lowest BCUT2D eigenvalue weighted by atomic mass is 9.95. The van der Waals surface area contributed by atoms with Gasteiger partial charge in [-0.05, 0) is 58.0 Å². The largest absolute Gasteiger partial charge is 0.496 e. The standard InChI is InChI=1S/C27H27ClN2O5S/c1-6-34-26(32)23-16(4)29-27-30(24(23)19-9-7-8-10-21(19)35-15(2)3)25(31)22(36-27)14-17-13-18(28)11-12-20(17)33-5/h7-15,24H,6H2,1-5H3/b22-14-/t24-/m1/s1. The number of carbonyl (C=O) groups is 1. The van der Waals surface area contributed by atoms with E-state index in [1.807, 2.05) is 38.1 Å². The van der Waals surface area contributed by atoms with Crippen LogP contribution in [0.4, 0.5) is 0 Å². The molecule has 36 heavy (non-hydrogen) atoms. The maximum absolute atomic E-state index is 13.8. The topological polar surface area (TPSA) is 79.1 Å². The third-order valence-electron chi connectivity index (χ3n) is 5.57. The van der Waals surface area contributed by atoms with Crippen LogP contribution < -0.4 is 24.4 Å². The van der Waals surface area contributed by atoms with Gasteiger partial charge < -0.3 is 14.2 Å². The van der Waals surface area contributed by atoms with Gasteiger partial charge in [0.2, 0.25) is 0 Å². The molecule has 0 saturated carbocycles. The van der Waals surface area contributed by atoms with Crippen molar-refractivity contribution in [3.8, 4) is 11.5 Å². The van der Waals surface area contributed by atoms with E-state index >= 15 is 0 Å². The highest BCUT2D eigenvalue weighted by atomic mass is 35.5. The molecule has 188 valence electrons. The number of para-hydroxylation sites is 1. The number of thiazole rings is 1. The van der Waals surface area contributed by atoms with Crippen molar-refractivity contribution in [2.75, 3.05) is 13.7 Å². The third kappa shape index (κ3) is 4.96. The van der Waals surface area contributed by atoms with Crippen molar-refractivity contribution >= 4 is 35.0 Å². The quantitative estimate of drug-likeness (QED) is 0.430. The number of esters is 1. The molecule has 4 rings (SSSR count). The van der Waals surface area contributed by atoms with Crippen molar-refractivity contribution in [1.29, 1.82) is 0 Å². The number of methoxy groups -OCH3 is 1. The summed E-state index contributed by atoms with van der Waals surface area (Å²) in [4.78, 5) is 32.1. The predicted octanol–water partition coefficient (Wildman–Crippen LogP) is 4.25. The number of aromatic nitrogens is 1. The predicted molar refractivity (Wildman–Crippen MR) is 141 cm³/mol. The van der Waals surface area contributed by atoms with Crippen LogP contribution in [0.15, 0.2) is 63.5 Å². The highest BCUT2D eigenvalue weighted by molar-refractivity contribution is 7.07. The minimum atomic E-state index is -0.765. The third-order valence-corrected chi connectivity index (χ3v) is 6.79. The first kappa shape index (κ1) is 25.7. The number of allylic oxidation sites excluding steroid dienone is 1. The van der Waals surface area contributed by atoms with Crippen LogP contribution >= 0.6 is 22.9 Å². The number of hydrogen-bond donors (Lipinski definition) is 0. The van der Waals surface area contributed by atoms with Gasteiger partial charge in [-0.2, -0.15) is 0 Å². The van der Waals surface area contributed by atoms with Gasteiger partial charge >= 0.3 is 5.97 Å². The number of hydrogen-bond acceptors (Lipinski definition) is 7. The summed E-state index contributed by atoms with van der Waals surface area (Å²) in [7, 11) is 1.56. The number of nitrogens with zero attached hydrogens (tertiary/aromatic N) is 2. The zero-order valence-electron chi connectivity index (χ0n) is 20.7. The lowest BCUT2D eigenvalue weighted by Gasteiger charge is -2.26. The van der Waals surface area contributed by atoms with E-state index in [2.05, 4.69) is 4.99 Å². The molecular weight excluding hydrogens is 500 g/mol. The Bertz CT molecular complexity index is 1520. The summed E-state index contributed by atoms with van der Waals surface area (Å²) in [6.45, 7) is 7.54. The molecule has 1 aliphatic rings. The molecule has 1 aliphatic heterocycles. The lowest BCUT2D eigenvalue weighted by molar-refractivity contribution is -0.139. The Kier molecular flexibility index (Phi) is 7.66. The van der Waals surface area contributed by atoms with Crippen LogP contribution in [0, 0.1) is 0 Å². The fourth-order valence-corrected chi connectivity index (χ4v) is 5.33. The van der Waals surface area contributed by atoms with Gasteiger partial charge in [0.15, 0.2) is 4.80 Å². The van der Waals surface area contributed by atoms with E-state index in [1.165, 1.54) is 15.9 Å². The molecule has 0 bridgehead atoms. The van der Waals surface area contributed by atoms with E-state index in [-0.39, 0.29) is 18.3 Å². The van der Waals surface area contributed by atoms with E-state index in [9.17, 15) is 9.59 Å². The van der Waals surface area contributed by atoms with Crippen LogP contribution in [0.5, 0.6) is 11.5 Å². The molecule has 0 aliphatic carbocycles. The molecule has 9 heteroatoms. The highest BCUT2D eigenvalue weighted by Crippen LogP contribution is 2.36. The number of carbonyl (C=O) groups excluding carboxylic acids is 1. The Morgan fingerprint density at radius 2 is 1.97 bits per heavy atom. The van der Waals surface area contributed by atoms with Crippen molar-refractivity contribution in [1.82, 2.24) is 4.57 Å². The Morgan fingerprint density at radius 1 is 1.22 bits per heavy atom. The second kappa shape index (κ2) is 10.7. The molecule has 0 unspecified atom stereocenters. The Labute approximate surface area is 217 Å². The van der Waals surface area contributed by atoms with E-state index in [1.54, 1.807) is 45.2 Å². The van der Waals surface area contributed by atoms with Crippen LogP contribution in [0.3, 0.4) is 0 Å². The van der Waals surface area contributed by atoms with E-state index < -0.39 is 12.0 Å². The average Bonchev–Trinajstić information content (AvgIpc) is 3.13. The van der Waals surface area contributed by atoms with Gasteiger partial charge in [0, 0.05) is 16.1 Å². The maximum atomic E-state index is 13.8. The zero-order valence-corrected chi connectivity index (χ0v) is 22.3. The van der Waals surface area contributed by atoms with Crippen LogP contribution in [-0.4, -0.2) is 30.4 Å². The van der Waals surface area contributed by atoms with Crippen molar-refractivity contribution in [3.05, 3.63) is 89.6 Å². The monoisotopic (exact) mass is 526 g/mol. The van der Waals surface area contributed by atoms with Gasteiger partial charge in [0.1, 0.15) is 17.5 Å². The van der Waals surface area contributed by atoms with E-state index in [4.69, 9.17) is 25.8 Å². The van der Waals surface area contributed by atoms with Crippen molar-refractivity contribution in [3.63, 3.8) is 0 Å². The van der Waals surface area contributed by atoms with Crippen molar-refractivity contribution in [2.24, 2.45) is 4.99 Å².